The molecule has 1 amide bonds. The molecule has 0 saturated heterocycles. The first-order valence-electron chi connectivity index (χ1n) is 6.95. The molecule has 0 unspecified atom stereocenters. The van der Waals surface area contributed by atoms with Crippen LogP contribution in [-0.2, 0) is 9.53 Å². The molecule has 136 valence electrons. The van der Waals surface area contributed by atoms with Crippen LogP contribution in [0.3, 0.4) is 0 Å². The van der Waals surface area contributed by atoms with E-state index in [4.69, 9.17) is 4.74 Å². The molecule has 0 aromatic heterocycles. The van der Waals surface area contributed by atoms with Crippen LogP contribution in [0.1, 0.15) is 6.92 Å². The van der Waals surface area contributed by atoms with Crippen molar-refractivity contribution < 1.29 is 22.7 Å². The van der Waals surface area contributed by atoms with Crippen molar-refractivity contribution in [3.05, 3.63) is 29.6 Å². The maximum absolute atomic E-state index is 13.4. The summed E-state index contributed by atoms with van der Waals surface area (Å²) in [4.78, 5) is 15.6. The van der Waals surface area contributed by atoms with Crippen LogP contribution in [0.2, 0.25) is 0 Å². The molecule has 0 aliphatic carbocycles. The Hall–Kier alpha value is -1.56. The predicted octanol–water partition coefficient (Wildman–Crippen LogP) is 1.86. The molecule has 1 rings (SSSR count). The van der Waals surface area contributed by atoms with Gasteiger partial charge in [0, 0.05) is 20.2 Å². The Morgan fingerprint density at radius 2 is 1.92 bits per heavy atom. The van der Waals surface area contributed by atoms with Gasteiger partial charge in [-0.25, -0.2) is 13.2 Å². The summed E-state index contributed by atoms with van der Waals surface area (Å²) in [6.07, 6.45) is 0. The average Bonchev–Trinajstić information content (AvgIpc) is 2.55. The molecule has 3 N–H and O–H groups in total. The molecular formula is C14H20F3IN4O2. The largest absolute Gasteiger partial charge is 0.380 e. The fraction of sp³-hybridized carbons (Fsp3) is 0.429. The van der Waals surface area contributed by atoms with Crippen molar-refractivity contribution in [1.29, 1.82) is 0 Å². The molecule has 24 heavy (non-hydrogen) atoms. The number of nitrogens with zero attached hydrogens (tertiary/aromatic N) is 1. The maximum atomic E-state index is 13.4. The third-order valence-electron chi connectivity index (χ3n) is 2.69. The first kappa shape index (κ1) is 22.4. The zero-order valence-corrected chi connectivity index (χ0v) is 15.6. The van der Waals surface area contributed by atoms with Crippen LogP contribution in [0.15, 0.2) is 17.1 Å². The van der Waals surface area contributed by atoms with E-state index in [2.05, 4.69) is 20.9 Å². The lowest BCUT2D eigenvalue weighted by atomic mass is 10.2. The van der Waals surface area contributed by atoms with Crippen molar-refractivity contribution >= 4 is 41.5 Å². The molecule has 0 fully saturated rings. The molecule has 0 radical (unpaired) electrons. The number of ether oxygens (including phenoxy) is 1. The van der Waals surface area contributed by atoms with Gasteiger partial charge < -0.3 is 20.7 Å². The van der Waals surface area contributed by atoms with Crippen molar-refractivity contribution in [2.75, 3.05) is 38.7 Å². The van der Waals surface area contributed by atoms with E-state index in [0.29, 0.717) is 25.7 Å². The lowest BCUT2D eigenvalue weighted by molar-refractivity contribution is -0.115. The highest BCUT2D eigenvalue weighted by atomic mass is 127. The fourth-order valence-electron chi connectivity index (χ4n) is 1.59. The van der Waals surface area contributed by atoms with Gasteiger partial charge in [-0.1, -0.05) is 0 Å². The van der Waals surface area contributed by atoms with E-state index in [-0.39, 0.29) is 30.5 Å². The monoisotopic (exact) mass is 460 g/mol. The van der Waals surface area contributed by atoms with Crippen LogP contribution < -0.4 is 16.0 Å². The quantitative estimate of drug-likeness (QED) is 0.191. The van der Waals surface area contributed by atoms with Crippen LogP contribution in [0.5, 0.6) is 0 Å². The third kappa shape index (κ3) is 7.34. The van der Waals surface area contributed by atoms with Gasteiger partial charge in [0.15, 0.2) is 23.4 Å². The highest BCUT2D eigenvalue weighted by Crippen LogP contribution is 2.19. The highest BCUT2D eigenvalue weighted by Gasteiger charge is 2.15. The maximum Gasteiger partial charge on any atom is 0.243 e. The predicted molar refractivity (Wildman–Crippen MR) is 96.2 cm³/mol. The number of anilines is 1. The van der Waals surface area contributed by atoms with E-state index in [1.165, 1.54) is 7.05 Å². The highest BCUT2D eigenvalue weighted by molar-refractivity contribution is 14.0. The second-order valence-electron chi connectivity index (χ2n) is 4.32. The molecule has 0 heterocycles. The smallest absolute Gasteiger partial charge is 0.243 e. The summed E-state index contributed by atoms with van der Waals surface area (Å²) in [5, 5.41) is 7.74. The van der Waals surface area contributed by atoms with E-state index in [9.17, 15) is 18.0 Å². The number of guanidine groups is 1. The minimum Gasteiger partial charge on any atom is -0.380 e. The number of rotatable bonds is 7. The molecule has 1 aromatic rings. The van der Waals surface area contributed by atoms with E-state index in [1.54, 1.807) is 0 Å². The number of hydrogen-bond acceptors (Lipinski definition) is 3. The molecule has 0 aliphatic heterocycles. The van der Waals surface area contributed by atoms with Crippen molar-refractivity contribution in [3.63, 3.8) is 0 Å². The molecule has 6 nitrogen and oxygen atoms in total. The second-order valence-corrected chi connectivity index (χ2v) is 4.32. The van der Waals surface area contributed by atoms with E-state index < -0.39 is 29.0 Å². The average molecular weight is 460 g/mol. The summed E-state index contributed by atoms with van der Waals surface area (Å²) in [6, 6.07) is 1.68. The minimum atomic E-state index is -1.64. The van der Waals surface area contributed by atoms with Crippen molar-refractivity contribution in [1.82, 2.24) is 10.6 Å². The fourth-order valence-corrected chi connectivity index (χ4v) is 1.59. The number of aliphatic imine (C=N–C) groups is 1. The number of hydrogen-bond donors (Lipinski definition) is 3. The summed E-state index contributed by atoms with van der Waals surface area (Å²) in [6.45, 7) is 3.20. The van der Waals surface area contributed by atoms with Crippen LogP contribution in [0, 0.1) is 17.5 Å². The van der Waals surface area contributed by atoms with E-state index in [1.807, 2.05) is 6.92 Å². The van der Waals surface area contributed by atoms with Gasteiger partial charge >= 0.3 is 0 Å². The van der Waals surface area contributed by atoms with Gasteiger partial charge in [-0.05, 0) is 19.1 Å². The van der Waals surface area contributed by atoms with Gasteiger partial charge in [0.1, 0.15) is 0 Å². The van der Waals surface area contributed by atoms with Crippen molar-refractivity contribution in [3.8, 4) is 0 Å². The molecule has 10 heteroatoms. The topological polar surface area (TPSA) is 74.8 Å². The summed E-state index contributed by atoms with van der Waals surface area (Å²) in [5.41, 5.74) is -0.435. The van der Waals surface area contributed by atoms with E-state index in [0.717, 1.165) is 12.1 Å². The van der Waals surface area contributed by atoms with Gasteiger partial charge in [0.25, 0.3) is 0 Å². The molecule has 1 aromatic carbocycles. The number of carbonyl (C=O) groups is 1. The Kier molecular flexibility index (Phi) is 11.1. The molecule has 0 spiro atoms. The van der Waals surface area contributed by atoms with Crippen LogP contribution >= 0.6 is 24.0 Å². The Labute approximate surface area is 155 Å². The van der Waals surface area contributed by atoms with Gasteiger partial charge in [-0.15, -0.1) is 24.0 Å². The number of carbonyl (C=O) groups excluding carboxylic acids is 1. The van der Waals surface area contributed by atoms with Gasteiger partial charge in [-0.2, -0.15) is 0 Å². The van der Waals surface area contributed by atoms with Crippen LogP contribution in [0.25, 0.3) is 0 Å². The molecule has 0 atom stereocenters. The Morgan fingerprint density at radius 3 is 2.54 bits per heavy atom. The lowest BCUT2D eigenvalue weighted by Gasteiger charge is -2.12. The first-order valence-corrected chi connectivity index (χ1v) is 6.95. The molecule has 0 aliphatic rings. The molecular weight excluding hydrogens is 440 g/mol. The Morgan fingerprint density at radius 1 is 1.21 bits per heavy atom. The minimum absolute atomic E-state index is 0. The number of halogens is 4. The number of benzene rings is 1. The SMILES string of the molecule is CCOCCNC(=NC)NCC(=O)Nc1ccc(F)c(F)c1F.I. The molecule has 0 saturated carbocycles. The van der Waals surface area contributed by atoms with Crippen LogP contribution in [-0.4, -0.2) is 45.2 Å². The normalized spacial score (nSPS) is 10.8. The van der Waals surface area contributed by atoms with E-state index >= 15 is 0 Å². The number of nitrogens with one attached hydrogen (secondary N) is 3. The summed E-state index contributed by atoms with van der Waals surface area (Å²) < 4.78 is 44.4. The Bertz CT molecular complexity index is 573. The van der Waals surface area contributed by atoms with Crippen LogP contribution in [0.4, 0.5) is 18.9 Å². The van der Waals surface area contributed by atoms with Gasteiger partial charge in [0.05, 0.1) is 18.8 Å². The lowest BCUT2D eigenvalue weighted by Crippen LogP contribution is -2.42. The first-order chi connectivity index (χ1) is 11.0. The number of amides is 1. The summed E-state index contributed by atoms with van der Waals surface area (Å²) >= 11 is 0. The van der Waals surface area contributed by atoms with Crippen molar-refractivity contribution in [2.45, 2.75) is 6.92 Å². The van der Waals surface area contributed by atoms with Crippen molar-refractivity contribution in [2.24, 2.45) is 4.99 Å². The third-order valence-corrected chi connectivity index (χ3v) is 2.69. The van der Waals surface area contributed by atoms with Gasteiger partial charge in [-0.3, -0.25) is 9.79 Å². The van der Waals surface area contributed by atoms with Gasteiger partial charge in [0.2, 0.25) is 5.91 Å². The standard InChI is InChI=1S/C14H19F3N4O2.HI/c1-3-23-7-6-19-14(18-2)20-8-11(22)21-10-5-4-9(15)12(16)13(10)17;/h4-5H,3,6-8H2,1-2H3,(H,21,22)(H2,18,19,20);1H. The molecule has 0 bridgehead atoms. The Balaban J connectivity index is 0.00000529. The summed E-state index contributed by atoms with van der Waals surface area (Å²) in [5.74, 6) is -4.69. The second kappa shape index (κ2) is 11.9. The summed E-state index contributed by atoms with van der Waals surface area (Å²) in [7, 11) is 1.52. The zero-order chi connectivity index (χ0) is 17.2. The zero-order valence-electron chi connectivity index (χ0n) is 13.3.